The average Bonchev–Trinajstić information content (AvgIpc) is 2.83. The first kappa shape index (κ1) is 11.9. The maximum Gasteiger partial charge on any atom is 0.196 e. The fraction of sp³-hybridized carbons (Fsp3) is 0.250. The van der Waals surface area contributed by atoms with Crippen LogP contribution in [0.3, 0.4) is 0 Å². The third kappa shape index (κ3) is 2.74. The van der Waals surface area contributed by atoms with Gasteiger partial charge in [0.05, 0.1) is 16.6 Å². The lowest BCUT2D eigenvalue weighted by molar-refractivity contribution is 0.677. The average molecular weight is 249 g/mol. The molecular formula is C12H15N3OS. The first-order valence-corrected chi connectivity index (χ1v) is 6.63. The topological polar surface area (TPSA) is 49.0 Å². The second kappa shape index (κ2) is 5.14. The van der Waals surface area contributed by atoms with Gasteiger partial charge in [0.15, 0.2) is 5.16 Å². The van der Waals surface area contributed by atoms with E-state index < -0.39 is 10.8 Å². The Bertz CT molecular complexity index is 508. The third-order valence-electron chi connectivity index (χ3n) is 2.45. The molecule has 1 heterocycles. The van der Waals surface area contributed by atoms with Crippen LogP contribution < -0.4 is 4.90 Å². The molecule has 0 saturated heterocycles. The summed E-state index contributed by atoms with van der Waals surface area (Å²) in [6.45, 7) is 0. The van der Waals surface area contributed by atoms with E-state index in [1.807, 2.05) is 43.3 Å². The van der Waals surface area contributed by atoms with E-state index in [9.17, 15) is 4.21 Å². The van der Waals surface area contributed by atoms with E-state index in [1.165, 1.54) is 0 Å². The maximum atomic E-state index is 12.0. The molecule has 0 saturated carbocycles. The molecule has 0 radical (unpaired) electrons. The molecule has 4 nitrogen and oxygen atoms in total. The van der Waals surface area contributed by atoms with Crippen molar-refractivity contribution in [2.45, 2.75) is 10.9 Å². The molecule has 2 aromatic rings. The Hall–Kier alpha value is -1.62. The van der Waals surface area contributed by atoms with Crippen molar-refractivity contribution < 1.29 is 4.21 Å². The van der Waals surface area contributed by atoms with Gasteiger partial charge in [0.1, 0.15) is 0 Å². The Morgan fingerprint density at radius 3 is 2.76 bits per heavy atom. The van der Waals surface area contributed by atoms with Crippen molar-refractivity contribution in [1.29, 1.82) is 0 Å². The molecule has 2 rings (SSSR count). The molecule has 17 heavy (non-hydrogen) atoms. The van der Waals surface area contributed by atoms with Gasteiger partial charge in [-0.2, -0.15) is 0 Å². The molecule has 1 atom stereocenters. The van der Waals surface area contributed by atoms with Gasteiger partial charge < -0.3 is 9.88 Å². The van der Waals surface area contributed by atoms with Crippen molar-refractivity contribution in [2.75, 3.05) is 19.0 Å². The zero-order valence-electron chi connectivity index (χ0n) is 9.88. The monoisotopic (exact) mass is 249 g/mol. The lowest BCUT2D eigenvalue weighted by atomic mass is 10.2. The van der Waals surface area contributed by atoms with Crippen LogP contribution in [0.15, 0.2) is 41.8 Å². The van der Waals surface area contributed by atoms with E-state index >= 15 is 0 Å². The number of hydrogen-bond donors (Lipinski definition) is 1. The second-order valence-electron chi connectivity index (χ2n) is 3.91. The number of aromatic amines is 1. The second-order valence-corrected chi connectivity index (χ2v) is 5.27. The van der Waals surface area contributed by atoms with Gasteiger partial charge in [0.25, 0.3) is 0 Å². The van der Waals surface area contributed by atoms with Gasteiger partial charge in [-0.05, 0) is 11.6 Å². The number of para-hydroxylation sites is 1. The van der Waals surface area contributed by atoms with Gasteiger partial charge in [0, 0.05) is 32.2 Å². The number of hydrogen-bond acceptors (Lipinski definition) is 3. The highest BCUT2D eigenvalue weighted by Gasteiger charge is 2.11. The Kier molecular flexibility index (Phi) is 3.58. The number of H-pyrrole nitrogens is 1. The number of rotatable bonds is 4. The number of anilines is 1. The number of nitrogens with one attached hydrogen (secondary N) is 1. The van der Waals surface area contributed by atoms with Crippen LogP contribution >= 0.6 is 0 Å². The van der Waals surface area contributed by atoms with E-state index in [4.69, 9.17) is 0 Å². The fourth-order valence-electron chi connectivity index (χ4n) is 1.65. The lowest BCUT2D eigenvalue weighted by Crippen LogP contribution is -2.12. The van der Waals surface area contributed by atoms with Gasteiger partial charge in [0.2, 0.25) is 0 Å². The normalized spacial score (nSPS) is 12.4. The summed E-state index contributed by atoms with van der Waals surface area (Å²) in [6.07, 6.45) is 3.30. The lowest BCUT2D eigenvalue weighted by Gasteiger charge is -2.16. The quantitative estimate of drug-likeness (QED) is 0.898. The highest BCUT2D eigenvalue weighted by atomic mass is 32.2. The van der Waals surface area contributed by atoms with Crippen molar-refractivity contribution in [3.63, 3.8) is 0 Å². The Labute approximate surface area is 103 Å². The molecule has 0 fully saturated rings. The standard InChI is InChI=1S/C12H15N3OS/c1-15(2)11-6-4-3-5-10(11)9-17(16)12-13-7-8-14-12/h3-8H,9H2,1-2H3,(H,13,14)/t17-/m1/s1. The van der Waals surface area contributed by atoms with Gasteiger partial charge in [-0.25, -0.2) is 4.98 Å². The van der Waals surface area contributed by atoms with Crippen LogP contribution in [-0.2, 0) is 16.6 Å². The molecule has 0 aliphatic rings. The van der Waals surface area contributed by atoms with Crippen molar-refractivity contribution in [3.8, 4) is 0 Å². The summed E-state index contributed by atoms with van der Waals surface area (Å²) in [5, 5.41) is 0.526. The van der Waals surface area contributed by atoms with Crippen molar-refractivity contribution in [2.24, 2.45) is 0 Å². The minimum atomic E-state index is -1.12. The van der Waals surface area contributed by atoms with Crippen molar-refractivity contribution >= 4 is 16.5 Å². The van der Waals surface area contributed by atoms with Crippen LogP contribution in [0.5, 0.6) is 0 Å². The molecule has 5 heteroatoms. The number of aromatic nitrogens is 2. The van der Waals surface area contributed by atoms with Crippen molar-refractivity contribution in [1.82, 2.24) is 9.97 Å². The van der Waals surface area contributed by atoms with Gasteiger partial charge in [-0.1, -0.05) is 18.2 Å². The first-order chi connectivity index (χ1) is 8.18. The van der Waals surface area contributed by atoms with Crippen molar-refractivity contribution in [3.05, 3.63) is 42.2 Å². The summed E-state index contributed by atoms with van der Waals surface area (Å²) in [5.41, 5.74) is 2.15. The fourth-order valence-corrected chi connectivity index (χ4v) is 2.70. The van der Waals surface area contributed by atoms with Crippen LogP contribution in [-0.4, -0.2) is 28.3 Å². The summed E-state index contributed by atoms with van der Waals surface area (Å²) in [7, 11) is 2.84. The molecule has 1 aromatic heterocycles. The van der Waals surface area contributed by atoms with E-state index in [0.29, 0.717) is 10.9 Å². The minimum Gasteiger partial charge on any atom is -0.377 e. The van der Waals surface area contributed by atoms with Crippen LogP contribution in [0, 0.1) is 0 Å². The molecule has 0 aliphatic carbocycles. The highest BCUT2D eigenvalue weighted by Crippen LogP contribution is 2.20. The smallest absolute Gasteiger partial charge is 0.196 e. The molecule has 0 unspecified atom stereocenters. The largest absolute Gasteiger partial charge is 0.377 e. The van der Waals surface area contributed by atoms with Crippen LogP contribution in [0.1, 0.15) is 5.56 Å². The Balaban J connectivity index is 2.22. The van der Waals surface area contributed by atoms with Gasteiger partial charge >= 0.3 is 0 Å². The zero-order chi connectivity index (χ0) is 12.3. The summed E-state index contributed by atoms with van der Waals surface area (Å²) in [6, 6.07) is 7.96. The molecule has 0 amide bonds. The van der Waals surface area contributed by atoms with Gasteiger partial charge in [-0.3, -0.25) is 4.21 Å². The summed E-state index contributed by atoms with van der Waals surface area (Å²) in [5.74, 6) is 0.474. The molecule has 0 bridgehead atoms. The number of nitrogens with zero attached hydrogens (tertiary/aromatic N) is 2. The van der Waals surface area contributed by atoms with Crippen LogP contribution in [0.4, 0.5) is 5.69 Å². The minimum absolute atomic E-state index is 0.474. The maximum absolute atomic E-state index is 12.0. The zero-order valence-corrected chi connectivity index (χ0v) is 10.7. The molecule has 0 aliphatic heterocycles. The van der Waals surface area contributed by atoms with Crippen LogP contribution in [0.25, 0.3) is 0 Å². The molecule has 1 aromatic carbocycles. The number of benzene rings is 1. The summed E-state index contributed by atoms with van der Waals surface area (Å²) < 4.78 is 12.0. The van der Waals surface area contributed by atoms with E-state index in [-0.39, 0.29) is 0 Å². The SMILES string of the molecule is CN(C)c1ccccc1C[S@@](=O)c1ncc[nH]1. The van der Waals surface area contributed by atoms with E-state index in [2.05, 4.69) is 9.97 Å². The molecule has 1 N–H and O–H groups in total. The number of imidazole rings is 1. The third-order valence-corrected chi connectivity index (χ3v) is 3.68. The van der Waals surface area contributed by atoms with Crippen LogP contribution in [0.2, 0.25) is 0 Å². The Morgan fingerprint density at radius 2 is 2.12 bits per heavy atom. The van der Waals surface area contributed by atoms with E-state index in [0.717, 1.165) is 11.3 Å². The summed E-state index contributed by atoms with van der Waals surface area (Å²) >= 11 is 0. The van der Waals surface area contributed by atoms with E-state index in [1.54, 1.807) is 12.4 Å². The molecule has 0 spiro atoms. The molecular weight excluding hydrogens is 234 g/mol. The predicted molar refractivity (Wildman–Crippen MR) is 69.5 cm³/mol. The summed E-state index contributed by atoms with van der Waals surface area (Å²) in [4.78, 5) is 8.92. The Morgan fingerprint density at radius 1 is 1.35 bits per heavy atom. The molecule has 90 valence electrons. The highest BCUT2D eigenvalue weighted by molar-refractivity contribution is 7.84. The van der Waals surface area contributed by atoms with Gasteiger partial charge in [-0.15, -0.1) is 0 Å². The predicted octanol–water partition coefficient (Wildman–Crippen LogP) is 1.78. The first-order valence-electron chi connectivity index (χ1n) is 5.31.